The van der Waals surface area contributed by atoms with Crippen LogP contribution in [0.25, 0.3) is 0 Å². The summed E-state index contributed by atoms with van der Waals surface area (Å²) in [4.78, 5) is 4.27. The lowest BCUT2D eigenvalue weighted by atomic mass is 9.97. The summed E-state index contributed by atoms with van der Waals surface area (Å²) < 4.78 is 27.8. The molecule has 1 heterocycles. The average Bonchev–Trinajstić information content (AvgIpc) is 2.32. The third-order valence-electron chi connectivity index (χ3n) is 3.01. The SMILES string of the molecule is CNC(c1cc(C)nc(C)c1)c1c(F)cccc1F. The Morgan fingerprint density at radius 3 is 2.05 bits per heavy atom. The zero-order chi connectivity index (χ0) is 14.0. The smallest absolute Gasteiger partial charge is 0.131 e. The Morgan fingerprint density at radius 2 is 1.58 bits per heavy atom. The fourth-order valence-corrected chi connectivity index (χ4v) is 2.30. The van der Waals surface area contributed by atoms with Crippen LogP contribution in [-0.4, -0.2) is 12.0 Å². The number of nitrogens with one attached hydrogen (secondary N) is 1. The minimum absolute atomic E-state index is 0.0370. The first kappa shape index (κ1) is 13.6. The van der Waals surface area contributed by atoms with Crippen LogP contribution in [0.5, 0.6) is 0 Å². The van der Waals surface area contributed by atoms with Crippen molar-refractivity contribution in [2.24, 2.45) is 0 Å². The summed E-state index contributed by atoms with van der Waals surface area (Å²) in [7, 11) is 1.68. The standard InChI is InChI=1S/C15H16F2N2/c1-9-7-11(8-10(2)19-9)15(18-3)14-12(16)5-4-6-13(14)17/h4-8,15,18H,1-3H3. The Hall–Kier alpha value is -1.81. The van der Waals surface area contributed by atoms with Crippen LogP contribution < -0.4 is 5.32 Å². The zero-order valence-corrected chi connectivity index (χ0v) is 11.2. The lowest BCUT2D eigenvalue weighted by molar-refractivity contribution is 0.521. The van der Waals surface area contributed by atoms with Gasteiger partial charge in [0, 0.05) is 17.0 Å². The molecule has 4 heteroatoms. The van der Waals surface area contributed by atoms with Crippen molar-refractivity contribution >= 4 is 0 Å². The average molecular weight is 262 g/mol. The molecule has 100 valence electrons. The molecule has 0 aliphatic carbocycles. The van der Waals surface area contributed by atoms with E-state index in [2.05, 4.69) is 10.3 Å². The molecule has 0 spiro atoms. The minimum atomic E-state index is -0.550. The predicted molar refractivity (Wildman–Crippen MR) is 71.0 cm³/mol. The Morgan fingerprint density at radius 1 is 1.05 bits per heavy atom. The summed E-state index contributed by atoms with van der Waals surface area (Å²) in [6.45, 7) is 3.72. The fraction of sp³-hybridized carbons (Fsp3) is 0.267. The molecule has 2 aromatic rings. The van der Waals surface area contributed by atoms with Crippen LogP contribution >= 0.6 is 0 Å². The van der Waals surface area contributed by atoms with Crippen molar-refractivity contribution in [3.63, 3.8) is 0 Å². The maximum absolute atomic E-state index is 13.9. The summed E-state index contributed by atoms with van der Waals surface area (Å²) in [6, 6.07) is 7.04. The molecule has 0 saturated carbocycles. The van der Waals surface area contributed by atoms with Gasteiger partial charge < -0.3 is 5.32 Å². The van der Waals surface area contributed by atoms with Gasteiger partial charge in [-0.3, -0.25) is 4.98 Å². The van der Waals surface area contributed by atoms with Crippen molar-refractivity contribution in [3.8, 4) is 0 Å². The topological polar surface area (TPSA) is 24.9 Å². The molecule has 2 nitrogen and oxygen atoms in total. The normalized spacial score (nSPS) is 12.5. The minimum Gasteiger partial charge on any atom is -0.309 e. The zero-order valence-electron chi connectivity index (χ0n) is 11.2. The van der Waals surface area contributed by atoms with Gasteiger partial charge in [0.25, 0.3) is 0 Å². The third-order valence-corrected chi connectivity index (χ3v) is 3.01. The molecule has 0 bridgehead atoms. The molecule has 0 fully saturated rings. The van der Waals surface area contributed by atoms with Crippen molar-refractivity contribution < 1.29 is 8.78 Å². The van der Waals surface area contributed by atoms with Crippen LogP contribution in [0.4, 0.5) is 8.78 Å². The van der Waals surface area contributed by atoms with Crippen LogP contribution in [-0.2, 0) is 0 Å². The Kier molecular flexibility index (Phi) is 3.90. The van der Waals surface area contributed by atoms with Crippen LogP contribution in [0.2, 0.25) is 0 Å². The van der Waals surface area contributed by atoms with Gasteiger partial charge in [-0.2, -0.15) is 0 Å². The van der Waals surface area contributed by atoms with Gasteiger partial charge in [0.15, 0.2) is 0 Å². The number of nitrogens with zero attached hydrogens (tertiary/aromatic N) is 1. The second kappa shape index (κ2) is 5.45. The number of hydrogen-bond acceptors (Lipinski definition) is 2. The van der Waals surface area contributed by atoms with Gasteiger partial charge in [0.05, 0.1) is 6.04 Å². The molecule has 0 radical (unpaired) electrons. The first-order chi connectivity index (χ1) is 9.02. The molecule has 1 N–H and O–H groups in total. The lowest BCUT2D eigenvalue weighted by Gasteiger charge is -2.19. The van der Waals surface area contributed by atoms with E-state index >= 15 is 0 Å². The highest BCUT2D eigenvalue weighted by Crippen LogP contribution is 2.27. The molecule has 19 heavy (non-hydrogen) atoms. The van der Waals surface area contributed by atoms with E-state index in [0.29, 0.717) is 0 Å². The summed E-state index contributed by atoms with van der Waals surface area (Å²) in [5.41, 5.74) is 2.49. The lowest BCUT2D eigenvalue weighted by Crippen LogP contribution is -2.21. The maximum Gasteiger partial charge on any atom is 0.131 e. The van der Waals surface area contributed by atoms with Gasteiger partial charge in [0.2, 0.25) is 0 Å². The van der Waals surface area contributed by atoms with Gasteiger partial charge >= 0.3 is 0 Å². The number of hydrogen-bond donors (Lipinski definition) is 1. The first-order valence-corrected chi connectivity index (χ1v) is 6.09. The number of rotatable bonds is 3. The van der Waals surface area contributed by atoms with Gasteiger partial charge in [-0.15, -0.1) is 0 Å². The van der Waals surface area contributed by atoms with Crippen LogP contribution in [0.1, 0.15) is 28.6 Å². The van der Waals surface area contributed by atoms with E-state index in [0.717, 1.165) is 17.0 Å². The molecule has 0 aliphatic rings. The predicted octanol–water partition coefficient (Wildman–Crippen LogP) is 3.29. The van der Waals surface area contributed by atoms with E-state index in [-0.39, 0.29) is 5.56 Å². The largest absolute Gasteiger partial charge is 0.309 e. The number of aromatic nitrogens is 1. The monoisotopic (exact) mass is 262 g/mol. The quantitative estimate of drug-likeness (QED) is 0.918. The van der Waals surface area contributed by atoms with E-state index in [1.54, 1.807) is 7.05 Å². The van der Waals surface area contributed by atoms with Gasteiger partial charge in [-0.05, 0) is 50.7 Å². The van der Waals surface area contributed by atoms with Crippen molar-refractivity contribution in [2.75, 3.05) is 7.05 Å². The maximum atomic E-state index is 13.9. The molecule has 1 unspecified atom stereocenters. The van der Waals surface area contributed by atoms with Crippen molar-refractivity contribution in [3.05, 3.63) is 64.5 Å². The number of aryl methyl sites for hydroxylation is 2. The second-order valence-electron chi connectivity index (χ2n) is 4.54. The summed E-state index contributed by atoms with van der Waals surface area (Å²) in [5.74, 6) is -1.10. The fourth-order valence-electron chi connectivity index (χ4n) is 2.30. The van der Waals surface area contributed by atoms with Crippen LogP contribution in [0.15, 0.2) is 30.3 Å². The van der Waals surface area contributed by atoms with Gasteiger partial charge in [0.1, 0.15) is 11.6 Å². The molecular formula is C15H16F2N2. The molecule has 0 amide bonds. The van der Waals surface area contributed by atoms with E-state index < -0.39 is 17.7 Å². The Bertz CT molecular complexity index is 556. The molecule has 2 rings (SSSR count). The second-order valence-corrected chi connectivity index (χ2v) is 4.54. The Labute approximate surface area is 111 Å². The highest BCUT2D eigenvalue weighted by Gasteiger charge is 2.20. The first-order valence-electron chi connectivity index (χ1n) is 6.09. The van der Waals surface area contributed by atoms with Gasteiger partial charge in [-0.1, -0.05) is 6.07 Å². The number of benzene rings is 1. The summed E-state index contributed by atoms with van der Waals surface area (Å²) >= 11 is 0. The van der Waals surface area contributed by atoms with Crippen LogP contribution in [0, 0.1) is 25.5 Å². The number of pyridine rings is 1. The molecule has 0 aliphatic heterocycles. The van der Waals surface area contributed by atoms with Gasteiger partial charge in [-0.25, -0.2) is 8.78 Å². The highest BCUT2D eigenvalue weighted by molar-refractivity contribution is 5.35. The van der Waals surface area contributed by atoms with Crippen molar-refractivity contribution in [2.45, 2.75) is 19.9 Å². The molecular weight excluding hydrogens is 246 g/mol. The van der Waals surface area contributed by atoms with E-state index in [9.17, 15) is 8.78 Å². The van der Waals surface area contributed by atoms with Crippen molar-refractivity contribution in [1.29, 1.82) is 0 Å². The van der Waals surface area contributed by atoms with E-state index in [4.69, 9.17) is 0 Å². The molecule has 0 saturated heterocycles. The van der Waals surface area contributed by atoms with E-state index in [1.165, 1.54) is 18.2 Å². The highest BCUT2D eigenvalue weighted by atomic mass is 19.1. The summed E-state index contributed by atoms with van der Waals surface area (Å²) in [6.07, 6.45) is 0. The Balaban J connectivity index is 2.56. The molecule has 1 aromatic heterocycles. The molecule has 1 aromatic carbocycles. The van der Waals surface area contributed by atoms with Crippen LogP contribution in [0.3, 0.4) is 0 Å². The van der Waals surface area contributed by atoms with Crippen molar-refractivity contribution in [1.82, 2.24) is 10.3 Å². The molecule has 1 atom stereocenters. The number of halogens is 2. The third kappa shape index (κ3) is 2.79. The van der Waals surface area contributed by atoms with E-state index in [1.807, 2.05) is 26.0 Å². The summed E-state index contributed by atoms with van der Waals surface area (Å²) in [5, 5.41) is 2.96.